The van der Waals surface area contributed by atoms with Crippen LogP contribution in [0.5, 0.6) is 0 Å². The molecule has 1 heterocycles. The molecule has 0 aliphatic rings. The SMILES string of the molecule is CC(C)(CO)c1[nH]ncc1Br. The molecule has 1 aromatic rings. The highest BCUT2D eigenvalue weighted by Gasteiger charge is 2.23. The lowest BCUT2D eigenvalue weighted by molar-refractivity contribution is 0.214. The second kappa shape index (κ2) is 2.95. The summed E-state index contributed by atoms with van der Waals surface area (Å²) in [5.74, 6) is 0. The second-order valence-electron chi connectivity index (χ2n) is 3.13. The molecule has 0 aliphatic carbocycles. The van der Waals surface area contributed by atoms with Gasteiger partial charge >= 0.3 is 0 Å². The standard InChI is InChI=1S/C7H11BrN2O/c1-7(2,4-11)6-5(8)3-9-10-6/h3,11H,4H2,1-2H3,(H,9,10). The predicted octanol–water partition coefficient (Wildman–Crippen LogP) is 1.44. The summed E-state index contributed by atoms with van der Waals surface area (Å²) in [4.78, 5) is 0. The highest BCUT2D eigenvalue weighted by Crippen LogP contribution is 2.26. The fourth-order valence-electron chi connectivity index (χ4n) is 0.825. The number of hydrogen-bond acceptors (Lipinski definition) is 2. The van der Waals surface area contributed by atoms with Crippen molar-refractivity contribution in [3.8, 4) is 0 Å². The molecular formula is C7H11BrN2O. The van der Waals surface area contributed by atoms with Crippen molar-refractivity contribution >= 4 is 15.9 Å². The first-order valence-electron chi connectivity index (χ1n) is 3.38. The molecule has 0 fully saturated rings. The van der Waals surface area contributed by atoms with Crippen molar-refractivity contribution in [3.05, 3.63) is 16.4 Å². The monoisotopic (exact) mass is 218 g/mol. The minimum atomic E-state index is -0.255. The van der Waals surface area contributed by atoms with Crippen LogP contribution in [0.1, 0.15) is 19.5 Å². The third kappa shape index (κ3) is 1.62. The molecule has 0 aromatic carbocycles. The molecule has 0 amide bonds. The summed E-state index contributed by atoms with van der Waals surface area (Å²) in [6, 6.07) is 0. The van der Waals surface area contributed by atoms with E-state index in [2.05, 4.69) is 26.1 Å². The summed E-state index contributed by atoms with van der Waals surface area (Å²) in [7, 11) is 0. The zero-order valence-corrected chi connectivity index (χ0v) is 8.14. The van der Waals surface area contributed by atoms with E-state index in [4.69, 9.17) is 5.11 Å². The van der Waals surface area contributed by atoms with E-state index in [1.165, 1.54) is 0 Å². The van der Waals surface area contributed by atoms with Crippen LogP contribution in [0.15, 0.2) is 10.7 Å². The Morgan fingerprint density at radius 1 is 1.73 bits per heavy atom. The van der Waals surface area contributed by atoms with Gasteiger partial charge in [-0.1, -0.05) is 13.8 Å². The minimum absolute atomic E-state index is 0.105. The molecule has 0 unspecified atom stereocenters. The molecule has 0 saturated heterocycles. The summed E-state index contributed by atoms with van der Waals surface area (Å²) < 4.78 is 0.913. The summed E-state index contributed by atoms with van der Waals surface area (Å²) >= 11 is 3.34. The first-order chi connectivity index (χ1) is 5.08. The van der Waals surface area contributed by atoms with Gasteiger partial charge in [0.15, 0.2) is 0 Å². The van der Waals surface area contributed by atoms with Gasteiger partial charge in [-0.15, -0.1) is 0 Å². The van der Waals surface area contributed by atoms with E-state index in [0.29, 0.717) is 0 Å². The van der Waals surface area contributed by atoms with E-state index in [0.717, 1.165) is 10.2 Å². The molecule has 0 saturated carbocycles. The van der Waals surface area contributed by atoms with Crippen molar-refractivity contribution in [2.24, 2.45) is 0 Å². The van der Waals surface area contributed by atoms with Crippen molar-refractivity contribution in [2.45, 2.75) is 19.3 Å². The maximum Gasteiger partial charge on any atom is 0.0632 e. The lowest BCUT2D eigenvalue weighted by atomic mass is 9.91. The maximum absolute atomic E-state index is 9.02. The molecule has 3 nitrogen and oxygen atoms in total. The quantitative estimate of drug-likeness (QED) is 0.790. The Bertz CT molecular complexity index is 244. The third-order valence-corrected chi connectivity index (χ3v) is 2.27. The van der Waals surface area contributed by atoms with Crippen LogP contribution in [-0.4, -0.2) is 21.9 Å². The Balaban J connectivity index is 3.00. The molecule has 62 valence electrons. The second-order valence-corrected chi connectivity index (χ2v) is 3.99. The van der Waals surface area contributed by atoms with E-state index in [1.54, 1.807) is 6.20 Å². The fourth-order valence-corrected chi connectivity index (χ4v) is 1.55. The fraction of sp³-hybridized carbons (Fsp3) is 0.571. The number of hydrogen-bond donors (Lipinski definition) is 2. The molecule has 1 aromatic heterocycles. The average Bonchev–Trinajstić information content (AvgIpc) is 2.36. The normalized spacial score (nSPS) is 12.0. The summed E-state index contributed by atoms with van der Waals surface area (Å²) in [6.45, 7) is 4.00. The van der Waals surface area contributed by atoms with Gasteiger partial charge in [-0.3, -0.25) is 5.10 Å². The van der Waals surface area contributed by atoms with Crippen LogP contribution in [-0.2, 0) is 5.41 Å². The van der Waals surface area contributed by atoms with Gasteiger partial charge in [-0.05, 0) is 15.9 Å². The molecule has 0 aliphatic heterocycles. The topological polar surface area (TPSA) is 48.9 Å². The Hall–Kier alpha value is -0.350. The van der Waals surface area contributed by atoms with Crippen molar-refractivity contribution in [1.82, 2.24) is 10.2 Å². The Labute approximate surface area is 74.0 Å². The molecule has 1 rings (SSSR count). The smallest absolute Gasteiger partial charge is 0.0632 e. The summed E-state index contributed by atoms with van der Waals surface area (Å²) in [5.41, 5.74) is 0.676. The summed E-state index contributed by atoms with van der Waals surface area (Å²) in [6.07, 6.45) is 1.69. The molecule has 4 heteroatoms. The number of halogens is 1. The molecule has 2 N–H and O–H groups in total. The van der Waals surface area contributed by atoms with Crippen molar-refractivity contribution < 1.29 is 5.11 Å². The Kier molecular flexibility index (Phi) is 2.34. The van der Waals surface area contributed by atoms with Crippen LogP contribution in [0.2, 0.25) is 0 Å². The lowest BCUT2D eigenvalue weighted by Gasteiger charge is -2.19. The van der Waals surface area contributed by atoms with E-state index in [9.17, 15) is 0 Å². The highest BCUT2D eigenvalue weighted by molar-refractivity contribution is 9.10. The highest BCUT2D eigenvalue weighted by atomic mass is 79.9. The first-order valence-corrected chi connectivity index (χ1v) is 4.17. The van der Waals surface area contributed by atoms with E-state index in [-0.39, 0.29) is 12.0 Å². The molecule has 0 radical (unpaired) electrons. The van der Waals surface area contributed by atoms with Gasteiger partial charge in [0.05, 0.1) is 23.0 Å². The Morgan fingerprint density at radius 2 is 2.36 bits per heavy atom. The van der Waals surface area contributed by atoms with Gasteiger partial charge in [0.2, 0.25) is 0 Å². The molecule has 0 atom stereocenters. The van der Waals surface area contributed by atoms with Gasteiger partial charge in [-0.25, -0.2) is 0 Å². The van der Waals surface area contributed by atoms with Crippen LogP contribution in [0, 0.1) is 0 Å². The van der Waals surface area contributed by atoms with Crippen molar-refractivity contribution in [1.29, 1.82) is 0 Å². The molecular weight excluding hydrogens is 208 g/mol. The maximum atomic E-state index is 9.02. The van der Waals surface area contributed by atoms with Gasteiger partial charge in [0.25, 0.3) is 0 Å². The lowest BCUT2D eigenvalue weighted by Crippen LogP contribution is -2.23. The number of rotatable bonds is 2. The van der Waals surface area contributed by atoms with Crippen LogP contribution in [0.25, 0.3) is 0 Å². The van der Waals surface area contributed by atoms with Crippen molar-refractivity contribution in [2.75, 3.05) is 6.61 Å². The number of aromatic nitrogens is 2. The van der Waals surface area contributed by atoms with E-state index >= 15 is 0 Å². The number of aliphatic hydroxyl groups excluding tert-OH is 1. The van der Waals surface area contributed by atoms with Crippen LogP contribution >= 0.6 is 15.9 Å². The summed E-state index contributed by atoms with van der Waals surface area (Å²) in [5, 5.41) is 15.7. The van der Waals surface area contributed by atoms with E-state index < -0.39 is 0 Å². The Morgan fingerprint density at radius 3 is 2.73 bits per heavy atom. The molecule has 0 bridgehead atoms. The van der Waals surface area contributed by atoms with Gasteiger partial charge in [-0.2, -0.15) is 5.10 Å². The zero-order valence-electron chi connectivity index (χ0n) is 6.56. The van der Waals surface area contributed by atoms with Gasteiger partial charge in [0, 0.05) is 5.41 Å². The minimum Gasteiger partial charge on any atom is -0.395 e. The number of nitrogens with one attached hydrogen (secondary N) is 1. The third-order valence-electron chi connectivity index (χ3n) is 1.67. The zero-order chi connectivity index (χ0) is 8.48. The van der Waals surface area contributed by atoms with Crippen molar-refractivity contribution in [3.63, 3.8) is 0 Å². The van der Waals surface area contributed by atoms with Crippen LogP contribution < -0.4 is 0 Å². The number of aliphatic hydroxyl groups is 1. The predicted molar refractivity (Wildman–Crippen MR) is 46.4 cm³/mol. The average molecular weight is 219 g/mol. The van der Waals surface area contributed by atoms with Crippen LogP contribution in [0.4, 0.5) is 0 Å². The molecule has 11 heavy (non-hydrogen) atoms. The number of H-pyrrole nitrogens is 1. The van der Waals surface area contributed by atoms with E-state index in [1.807, 2.05) is 13.8 Å². The van der Waals surface area contributed by atoms with Crippen LogP contribution in [0.3, 0.4) is 0 Å². The molecule has 0 spiro atoms. The van der Waals surface area contributed by atoms with Gasteiger partial charge in [0.1, 0.15) is 0 Å². The number of nitrogens with zero attached hydrogens (tertiary/aromatic N) is 1. The van der Waals surface area contributed by atoms with Gasteiger partial charge < -0.3 is 5.11 Å². The number of aromatic amines is 1. The largest absolute Gasteiger partial charge is 0.395 e. The first kappa shape index (κ1) is 8.74.